The van der Waals surface area contributed by atoms with Crippen LogP contribution in [0.2, 0.25) is 0 Å². The number of hydrogen-bond donors (Lipinski definition) is 2. The predicted molar refractivity (Wildman–Crippen MR) is 105 cm³/mol. The summed E-state index contributed by atoms with van der Waals surface area (Å²) in [6.07, 6.45) is 2.23. The summed E-state index contributed by atoms with van der Waals surface area (Å²) in [6, 6.07) is 8.01. The molecule has 0 atom stereocenters. The van der Waals surface area contributed by atoms with Crippen molar-refractivity contribution in [2.75, 3.05) is 13.6 Å². The first kappa shape index (κ1) is 22.7. The Morgan fingerprint density at radius 1 is 1.16 bits per heavy atom. The largest absolute Gasteiger partial charge is 0.386 e. The van der Waals surface area contributed by atoms with Crippen LogP contribution in [0.1, 0.15) is 45.1 Å². The number of nitrogens with zero attached hydrogens (tertiary/aromatic N) is 3. The Balaban J connectivity index is 0.00000104. The molecule has 0 aliphatic rings. The van der Waals surface area contributed by atoms with Crippen molar-refractivity contribution in [2.45, 2.75) is 47.1 Å². The van der Waals surface area contributed by atoms with Gasteiger partial charge in [0.25, 0.3) is 0 Å². The lowest BCUT2D eigenvalue weighted by Gasteiger charge is -2.21. The number of aryl methyl sites for hydroxylation is 1. The van der Waals surface area contributed by atoms with E-state index in [1.54, 1.807) is 0 Å². The van der Waals surface area contributed by atoms with Gasteiger partial charge < -0.3 is 20.9 Å². The summed E-state index contributed by atoms with van der Waals surface area (Å²) in [6.45, 7) is 13.4. The summed E-state index contributed by atoms with van der Waals surface area (Å²) in [5, 5.41) is 4.01. The van der Waals surface area contributed by atoms with Gasteiger partial charge >= 0.3 is 0 Å². The molecule has 4 N–H and O–H groups in total. The van der Waals surface area contributed by atoms with Gasteiger partial charge in [-0.25, -0.2) is 0 Å². The second-order valence-corrected chi connectivity index (χ2v) is 5.50. The lowest BCUT2D eigenvalue weighted by atomic mass is 10.1. The number of nitrogens with two attached hydrogens (primary N) is 2. The maximum Gasteiger partial charge on any atom is 0.246 e. The molecule has 0 saturated carbocycles. The van der Waals surface area contributed by atoms with Gasteiger partial charge in [-0.05, 0) is 20.4 Å². The van der Waals surface area contributed by atoms with Crippen molar-refractivity contribution in [3.63, 3.8) is 0 Å². The van der Waals surface area contributed by atoms with Crippen molar-refractivity contribution < 1.29 is 4.52 Å². The summed E-state index contributed by atoms with van der Waals surface area (Å²) in [5.74, 6) is 1.65. The number of aromatic nitrogens is 2. The van der Waals surface area contributed by atoms with Crippen LogP contribution in [0.4, 0.5) is 0 Å². The minimum atomic E-state index is 0.488. The molecule has 6 heteroatoms. The van der Waals surface area contributed by atoms with Crippen molar-refractivity contribution in [1.82, 2.24) is 15.0 Å². The average Bonchev–Trinajstić information content (AvgIpc) is 3.06. The minimum absolute atomic E-state index is 0.488. The molecule has 140 valence electrons. The molecule has 0 amide bonds. The van der Waals surface area contributed by atoms with Crippen LogP contribution < -0.4 is 11.5 Å². The third-order valence-electron chi connectivity index (χ3n) is 3.00. The molecule has 0 saturated heterocycles. The van der Waals surface area contributed by atoms with Crippen molar-refractivity contribution >= 4 is 0 Å². The molecule has 0 spiro atoms. The summed E-state index contributed by atoms with van der Waals surface area (Å²) < 4.78 is 5.28. The fourth-order valence-corrected chi connectivity index (χ4v) is 1.90. The predicted octanol–water partition coefficient (Wildman–Crippen LogP) is 3.68. The molecule has 25 heavy (non-hydrogen) atoms. The van der Waals surface area contributed by atoms with Crippen LogP contribution >= 0.6 is 0 Å². The fourth-order valence-electron chi connectivity index (χ4n) is 1.90. The zero-order valence-electron chi connectivity index (χ0n) is 16.2. The summed E-state index contributed by atoms with van der Waals surface area (Å²) in [7, 11) is 1.50. The first-order valence-electron chi connectivity index (χ1n) is 8.68. The van der Waals surface area contributed by atoms with Crippen LogP contribution in [0.15, 0.2) is 41.2 Å². The maximum absolute atomic E-state index is 5.75. The molecule has 0 fully saturated rings. The van der Waals surface area contributed by atoms with E-state index in [2.05, 4.69) is 43.2 Å². The van der Waals surface area contributed by atoms with E-state index in [-0.39, 0.29) is 0 Å². The van der Waals surface area contributed by atoms with Crippen molar-refractivity contribution in [1.29, 1.82) is 0 Å². The molecule has 1 aromatic heterocycles. The van der Waals surface area contributed by atoms with Crippen LogP contribution in [0, 0.1) is 6.92 Å². The summed E-state index contributed by atoms with van der Waals surface area (Å²) >= 11 is 0. The van der Waals surface area contributed by atoms with E-state index < -0.39 is 0 Å². The van der Waals surface area contributed by atoms with E-state index in [9.17, 15) is 0 Å². The second kappa shape index (κ2) is 13.0. The third kappa shape index (κ3) is 8.35. The average molecular weight is 348 g/mol. The summed E-state index contributed by atoms with van der Waals surface area (Å²) in [4.78, 5) is 6.32. The number of rotatable bonds is 6. The molecule has 2 aromatic rings. The SMILES string of the molecule is C=C(N)N(CCC)Cc1nc(-c2ccc(C)cc2)no1.CCC.CN. The lowest BCUT2D eigenvalue weighted by molar-refractivity contribution is 0.272. The Hall–Kier alpha value is -2.34. The van der Waals surface area contributed by atoms with Crippen LogP contribution in [-0.4, -0.2) is 28.6 Å². The number of benzene rings is 1. The zero-order valence-corrected chi connectivity index (χ0v) is 16.2. The highest BCUT2D eigenvalue weighted by atomic mass is 16.5. The Morgan fingerprint density at radius 2 is 1.72 bits per heavy atom. The molecule has 6 nitrogen and oxygen atoms in total. The molecule has 2 rings (SSSR count). The molecule has 0 aliphatic carbocycles. The quantitative estimate of drug-likeness (QED) is 0.828. The Labute approximate surface area is 151 Å². The van der Waals surface area contributed by atoms with E-state index in [0.29, 0.717) is 24.1 Å². The van der Waals surface area contributed by atoms with E-state index in [4.69, 9.17) is 10.3 Å². The molecule has 0 bridgehead atoms. The fraction of sp³-hybridized carbons (Fsp3) is 0.474. The first-order valence-corrected chi connectivity index (χ1v) is 8.68. The van der Waals surface area contributed by atoms with Gasteiger partial charge in [-0.3, -0.25) is 0 Å². The van der Waals surface area contributed by atoms with E-state index >= 15 is 0 Å². The Kier molecular flexibility index (Phi) is 11.8. The smallest absolute Gasteiger partial charge is 0.246 e. The topological polar surface area (TPSA) is 94.2 Å². The highest BCUT2D eigenvalue weighted by Gasteiger charge is 2.12. The Bertz CT molecular complexity index is 592. The van der Waals surface area contributed by atoms with Gasteiger partial charge in [0, 0.05) is 12.1 Å². The molecule has 0 unspecified atom stereocenters. The zero-order chi connectivity index (χ0) is 19.2. The van der Waals surface area contributed by atoms with Crippen LogP contribution in [0.5, 0.6) is 0 Å². The van der Waals surface area contributed by atoms with Gasteiger partial charge in [-0.15, -0.1) is 0 Å². The summed E-state index contributed by atoms with van der Waals surface area (Å²) in [5.41, 5.74) is 12.4. The van der Waals surface area contributed by atoms with E-state index in [0.717, 1.165) is 18.5 Å². The van der Waals surface area contributed by atoms with E-state index in [1.807, 2.05) is 36.1 Å². The molecular formula is C19H33N5O. The van der Waals surface area contributed by atoms with Gasteiger partial charge in [0.05, 0.1) is 12.4 Å². The minimum Gasteiger partial charge on any atom is -0.386 e. The lowest BCUT2D eigenvalue weighted by Crippen LogP contribution is -2.27. The van der Waals surface area contributed by atoms with Gasteiger partial charge in [0.1, 0.15) is 0 Å². The van der Waals surface area contributed by atoms with Crippen LogP contribution in [0.25, 0.3) is 11.4 Å². The maximum atomic E-state index is 5.75. The molecule has 0 aliphatic heterocycles. The van der Waals surface area contributed by atoms with Gasteiger partial charge in [0.2, 0.25) is 11.7 Å². The Morgan fingerprint density at radius 3 is 2.20 bits per heavy atom. The standard InChI is InChI=1S/C15H20N4O.C3H8.CH5N/c1-4-9-19(12(3)16)10-14-17-15(18-20-14)13-7-5-11(2)6-8-13;1-3-2;1-2/h5-8H,3-4,9-10,16H2,1-2H3;3H2,1-2H3;2H2,1H3. The van der Waals surface area contributed by atoms with Gasteiger partial charge in [-0.1, -0.05) is 68.8 Å². The second-order valence-electron chi connectivity index (χ2n) is 5.50. The monoisotopic (exact) mass is 347 g/mol. The van der Waals surface area contributed by atoms with Crippen molar-refractivity contribution in [2.24, 2.45) is 11.5 Å². The highest BCUT2D eigenvalue weighted by molar-refractivity contribution is 5.54. The van der Waals surface area contributed by atoms with Gasteiger partial charge in [-0.2, -0.15) is 4.98 Å². The van der Waals surface area contributed by atoms with Crippen molar-refractivity contribution in [3.05, 3.63) is 48.1 Å². The highest BCUT2D eigenvalue weighted by Crippen LogP contribution is 2.17. The van der Waals surface area contributed by atoms with Crippen LogP contribution in [-0.2, 0) is 6.54 Å². The van der Waals surface area contributed by atoms with E-state index in [1.165, 1.54) is 19.0 Å². The third-order valence-corrected chi connectivity index (χ3v) is 3.00. The van der Waals surface area contributed by atoms with Crippen LogP contribution in [0.3, 0.4) is 0 Å². The molecule has 1 aromatic carbocycles. The normalized spacial score (nSPS) is 9.36. The number of hydrogen-bond acceptors (Lipinski definition) is 6. The van der Waals surface area contributed by atoms with Crippen molar-refractivity contribution in [3.8, 4) is 11.4 Å². The van der Waals surface area contributed by atoms with Gasteiger partial charge in [0.15, 0.2) is 0 Å². The first-order chi connectivity index (χ1) is 12.0. The molecule has 1 heterocycles. The molecular weight excluding hydrogens is 314 g/mol. The molecule has 0 radical (unpaired) electrons.